The van der Waals surface area contributed by atoms with Gasteiger partial charge in [0.05, 0.1) is 23.6 Å². The number of likely N-dealkylation sites (tertiary alicyclic amines) is 1. The van der Waals surface area contributed by atoms with Gasteiger partial charge >= 0.3 is 5.97 Å². The van der Waals surface area contributed by atoms with E-state index >= 15 is 0 Å². The normalized spacial score (nSPS) is 21.4. The highest BCUT2D eigenvalue weighted by atomic mass is 35.5. The molecule has 0 saturated carbocycles. The quantitative estimate of drug-likeness (QED) is 0.632. The molecule has 2 rings (SSSR count). The van der Waals surface area contributed by atoms with Crippen molar-refractivity contribution in [2.45, 2.75) is 11.8 Å². The third kappa shape index (κ3) is 3.35. The minimum Gasteiger partial charge on any atom is -0.469 e. The molecule has 4 nitrogen and oxygen atoms in total. The van der Waals surface area contributed by atoms with E-state index in [1.165, 1.54) is 7.11 Å². The van der Waals surface area contributed by atoms with Crippen molar-refractivity contribution in [2.24, 2.45) is 11.8 Å². The van der Waals surface area contributed by atoms with E-state index in [1.807, 2.05) is 19.2 Å². The molecule has 1 aromatic carbocycles. The first-order chi connectivity index (χ1) is 9.97. The predicted octanol–water partition coefficient (Wildman–Crippen LogP) is 2.94. The molecule has 1 aromatic rings. The summed E-state index contributed by atoms with van der Waals surface area (Å²) in [5.74, 6) is -0.568. The van der Waals surface area contributed by atoms with Crippen molar-refractivity contribution in [3.05, 3.63) is 28.8 Å². The van der Waals surface area contributed by atoms with Crippen LogP contribution in [0.1, 0.15) is 17.3 Å². The maximum Gasteiger partial charge on any atom is 0.310 e. The number of methoxy groups -OCH3 is 1. The Bertz CT molecular complexity index is 564. The molecule has 0 aliphatic carbocycles. The van der Waals surface area contributed by atoms with Gasteiger partial charge in [0.2, 0.25) is 0 Å². The molecular formula is C15H18ClNO3S. The van der Waals surface area contributed by atoms with E-state index < -0.39 is 0 Å². The zero-order valence-electron chi connectivity index (χ0n) is 12.3. The van der Waals surface area contributed by atoms with E-state index in [0.29, 0.717) is 23.7 Å². The highest BCUT2D eigenvalue weighted by molar-refractivity contribution is 7.98. The first kappa shape index (κ1) is 16.2. The lowest BCUT2D eigenvalue weighted by molar-refractivity contribution is -0.146. The van der Waals surface area contributed by atoms with Crippen molar-refractivity contribution in [1.82, 2.24) is 4.90 Å². The number of thioether (sulfide) groups is 1. The lowest BCUT2D eigenvalue weighted by Gasteiger charge is -2.17. The Morgan fingerprint density at radius 2 is 2.10 bits per heavy atom. The number of hydrogen-bond acceptors (Lipinski definition) is 4. The fraction of sp³-hybridized carbons (Fsp3) is 0.467. The zero-order chi connectivity index (χ0) is 15.6. The summed E-state index contributed by atoms with van der Waals surface area (Å²) in [6.45, 7) is 2.87. The summed E-state index contributed by atoms with van der Waals surface area (Å²) in [5, 5.41) is 0.437. The van der Waals surface area contributed by atoms with Crippen molar-refractivity contribution in [3.8, 4) is 0 Å². The number of rotatable bonds is 3. The molecule has 1 heterocycles. The standard InChI is InChI=1S/C15H18ClNO3S/c1-9-7-17(8-12(9)15(19)20-2)14(18)11-6-10(21-3)4-5-13(11)16/h4-6,9,12H,7-8H2,1-3H3. The molecule has 1 saturated heterocycles. The fourth-order valence-electron chi connectivity index (χ4n) is 2.56. The highest BCUT2D eigenvalue weighted by Crippen LogP contribution is 2.29. The highest BCUT2D eigenvalue weighted by Gasteiger charge is 2.38. The molecule has 21 heavy (non-hydrogen) atoms. The Labute approximate surface area is 133 Å². The van der Waals surface area contributed by atoms with Crippen LogP contribution in [-0.4, -0.2) is 43.2 Å². The summed E-state index contributed by atoms with van der Waals surface area (Å²) in [6.07, 6.45) is 1.95. The van der Waals surface area contributed by atoms with Crippen LogP contribution in [0.25, 0.3) is 0 Å². The molecular weight excluding hydrogens is 310 g/mol. The number of ether oxygens (including phenoxy) is 1. The van der Waals surface area contributed by atoms with E-state index in [0.717, 1.165) is 4.90 Å². The minimum absolute atomic E-state index is 0.0870. The molecule has 0 N–H and O–H groups in total. The molecule has 0 bridgehead atoms. The molecule has 2 unspecified atom stereocenters. The van der Waals surface area contributed by atoms with Gasteiger partial charge in [-0.2, -0.15) is 0 Å². The number of carbonyl (C=O) groups is 2. The molecule has 1 amide bonds. The first-order valence-electron chi connectivity index (χ1n) is 6.68. The van der Waals surface area contributed by atoms with Crippen molar-refractivity contribution >= 4 is 35.2 Å². The van der Waals surface area contributed by atoms with E-state index in [2.05, 4.69) is 0 Å². The maximum atomic E-state index is 12.6. The van der Waals surface area contributed by atoms with Crippen LogP contribution in [0.5, 0.6) is 0 Å². The Balaban J connectivity index is 2.20. The van der Waals surface area contributed by atoms with E-state index in [4.69, 9.17) is 16.3 Å². The Morgan fingerprint density at radius 3 is 2.71 bits per heavy atom. The molecule has 0 radical (unpaired) electrons. The maximum absolute atomic E-state index is 12.6. The number of halogens is 1. The average Bonchev–Trinajstić information content (AvgIpc) is 2.88. The van der Waals surface area contributed by atoms with Crippen LogP contribution in [0.3, 0.4) is 0 Å². The van der Waals surface area contributed by atoms with Gasteiger partial charge in [-0.25, -0.2) is 0 Å². The second kappa shape index (κ2) is 6.71. The van der Waals surface area contributed by atoms with E-state index in [9.17, 15) is 9.59 Å². The molecule has 6 heteroatoms. The molecule has 1 fully saturated rings. The van der Waals surface area contributed by atoms with Gasteiger partial charge in [0.25, 0.3) is 5.91 Å². The summed E-state index contributed by atoms with van der Waals surface area (Å²) >= 11 is 7.70. The van der Waals surface area contributed by atoms with Crippen LogP contribution < -0.4 is 0 Å². The smallest absolute Gasteiger partial charge is 0.310 e. The number of amides is 1. The summed E-state index contributed by atoms with van der Waals surface area (Å²) in [7, 11) is 1.37. The van der Waals surface area contributed by atoms with Gasteiger partial charge in [0.1, 0.15) is 0 Å². The van der Waals surface area contributed by atoms with E-state index in [-0.39, 0.29) is 23.7 Å². The Morgan fingerprint density at radius 1 is 1.38 bits per heavy atom. The molecule has 1 aliphatic heterocycles. The summed E-state index contributed by atoms with van der Waals surface area (Å²) < 4.78 is 4.79. The second-order valence-corrected chi connectivity index (χ2v) is 6.45. The second-order valence-electron chi connectivity index (χ2n) is 5.16. The molecule has 2 atom stereocenters. The molecule has 114 valence electrons. The van der Waals surface area contributed by atoms with Crippen molar-refractivity contribution in [2.75, 3.05) is 26.5 Å². The lowest BCUT2D eigenvalue weighted by atomic mass is 9.99. The van der Waals surface area contributed by atoms with Crippen LogP contribution in [-0.2, 0) is 9.53 Å². The van der Waals surface area contributed by atoms with Crippen LogP contribution in [0, 0.1) is 11.8 Å². The number of esters is 1. The van der Waals surface area contributed by atoms with Crippen molar-refractivity contribution < 1.29 is 14.3 Å². The number of benzene rings is 1. The minimum atomic E-state index is -0.263. The molecule has 0 spiro atoms. The van der Waals surface area contributed by atoms with Crippen LogP contribution in [0.4, 0.5) is 0 Å². The van der Waals surface area contributed by atoms with Gasteiger partial charge in [-0.1, -0.05) is 18.5 Å². The zero-order valence-corrected chi connectivity index (χ0v) is 13.8. The van der Waals surface area contributed by atoms with Gasteiger partial charge in [-0.05, 0) is 30.4 Å². The average molecular weight is 328 g/mol. The Hall–Kier alpha value is -1.20. The summed E-state index contributed by atoms with van der Waals surface area (Å²) in [5.41, 5.74) is 0.487. The number of nitrogens with zero attached hydrogens (tertiary/aromatic N) is 1. The molecule has 0 aromatic heterocycles. The lowest BCUT2D eigenvalue weighted by Crippen LogP contribution is -2.30. The Kier molecular flexibility index (Phi) is 5.17. The van der Waals surface area contributed by atoms with Gasteiger partial charge in [-0.15, -0.1) is 11.8 Å². The van der Waals surface area contributed by atoms with Crippen LogP contribution in [0.15, 0.2) is 23.1 Å². The van der Waals surface area contributed by atoms with Gasteiger partial charge in [-0.3, -0.25) is 9.59 Å². The SMILES string of the molecule is COC(=O)C1CN(C(=O)c2cc(SC)ccc2Cl)CC1C. The summed E-state index contributed by atoms with van der Waals surface area (Å²) in [6, 6.07) is 5.41. The fourth-order valence-corrected chi connectivity index (χ4v) is 3.19. The van der Waals surface area contributed by atoms with Crippen molar-refractivity contribution in [3.63, 3.8) is 0 Å². The predicted molar refractivity (Wildman–Crippen MR) is 83.8 cm³/mol. The van der Waals surface area contributed by atoms with Crippen molar-refractivity contribution in [1.29, 1.82) is 0 Å². The third-order valence-corrected chi connectivity index (χ3v) is 4.86. The largest absolute Gasteiger partial charge is 0.469 e. The van der Waals surface area contributed by atoms with Gasteiger partial charge in [0, 0.05) is 18.0 Å². The first-order valence-corrected chi connectivity index (χ1v) is 8.28. The monoisotopic (exact) mass is 327 g/mol. The van der Waals surface area contributed by atoms with E-state index in [1.54, 1.807) is 28.8 Å². The molecule has 1 aliphatic rings. The van der Waals surface area contributed by atoms with Gasteiger partial charge < -0.3 is 9.64 Å². The van der Waals surface area contributed by atoms with Gasteiger partial charge in [0.15, 0.2) is 0 Å². The number of hydrogen-bond donors (Lipinski definition) is 0. The van der Waals surface area contributed by atoms with Crippen LogP contribution in [0.2, 0.25) is 5.02 Å². The summed E-state index contributed by atoms with van der Waals surface area (Å²) in [4.78, 5) is 27.0. The number of carbonyl (C=O) groups excluding carboxylic acids is 2. The topological polar surface area (TPSA) is 46.6 Å². The van der Waals surface area contributed by atoms with Crippen LogP contribution >= 0.6 is 23.4 Å². The third-order valence-electron chi connectivity index (χ3n) is 3.81.